The Morgan fingerprint density at radius 2 is 1.82 bits per heavy atom. The highest BCUT2D eigenvalue weighted by molar-refractivity contribution is 5.99. The van der Waals surface area contributed by atoms with Crippen LogP contribution in [0.2, 0.25) is 0 Å². The normalized spacial score (nSPS) is 12.6. The van der Waals surface area contributed by atoms with Crippen LogP contribution in [0.3, 0.4) is 0 Å². The van der Waals surface area contributed by atoms with E-state index >= 15 is 0 Å². The Morgan fingerprint density at radius 1 is 1.21 bits per heavy atom. The van der Waals surface area contributed by atoms with Crippen LogP contribution in [0.15, 0.2) is 36.4 Å². The number of alkyl halides is 2. The number of amides is 1. The fourth-order valence-electron chi connectivity index (χ4n) is 2.73. The SMILES string of the molecule is CN(Cc1ccc(OC(F)F)cc1)C(=O)c1cc2c(cc1[N+](=O)[O-])OCCO2. The number of halogens is 2. The fourth-order valence-corrected chi connectivity index (χ4v) is 2.73. The monoisotopic (exact) mass is 394 g/mol. The molecule has 0 saturated carbocycles. The molecule has 0 N–H and O–H groups in total. The fraction of sp³-hybridized carbons (Fsp3) is 0.278. The molecule has 8 nitrogen and oxygen atoms in total. The largest absolute Gasteiger partial charge is 0.486 e. The summed E-state index contributed by atoms with van der Waals surface area (Å²) < 4.78 is 39.4. The van der Waals surface area contributed by atoms with Crippen molar-refractivity contribution in [3.63, 3.8) is 0 Å². The van der Waals surface area contributed by atoms with Crippen molar-refractivity contribution in [2.45, 2.75) is 13.2 Å². The predicted octanol–water partition coefficient (Wildman–Crippen LogP) is 3.24. The molecule has 0 atom stereocenters. The number of ether oxygens (including phenoxy) is 3. The summed E-state index contributed by atoms with van der Waals surface area (Å²) in [6.07, 6.45) is 0. The van der Waals surface area contributed by atoms with Crippen molar-refractivity contribution < 1.29 is 32.7 Å². The first-order valence-electron chi connectivity index (χ1n) is 8.22. The summed E-state index contributed by atoms with van der Waals surface area (Å²) in [5.41, 5.74) is 0.119. The van der Waals surface area contributed by atoms with E-state index in [1.807, 2.05) is 0 Å². The van der Waals surface area contributed by atoms with E-state index in [0.717, 1.165) is 0 Å². The molecule has 0 fully saturated rings. The molecule has 1 aliphatic rings. The molecule has 148 valence electrons. The molecule has 0 spiro atoms. The first-order chi connectivity index (χ1) is 13.3. The summed E-state index contributed by atoms with van der Waals surface area (Å²) >= 11 is 0. The third-order valence-electron chi connectivity index (χ3n) is 4.00. The van der Waals surface area contributed by atoms with Crippen molar-refractivity contribution in [2.75, 3.05) is 20.3 Å². The van der Waals surface area contributed by atoms with E-state index in [0.29, 0.717) is 5.56 Å². The van der Waals surface area contributed by atoms with Crippen LogP contribution in [0.25, 0.3) is 0 Å². The van der Waals surface area contributed by atoms with Crippen LogP contribution >= 0.6 is 0 Å². The van der Waals surface area contributed by atoms with E-state index in [2.05, 4.69) is 4.74 Å². The number of fused-ring (bicyclic) bond motifs is 1. The van der Waals surface area contributed by atoms with Crippen LogP contribution < -0.4 is 14.2 Å². The van der Waals surface area contributed by atoms with Crippen molar-refractivity contribution >= 4 is 11.6 Å². The molecule has 2 aromatic rings. The third kappa shape index (κ3) is 4.27. The highest BCUT2D eigenvalue weighted by Crippen LogP contribution is 2.37. The standard InChI is InChI=1S/C18H16F2N2O6/c1-21(10-11-2-4-12(5-3-11)28-18(19)20)17(23)13-8-15-16(27-7-6-26-15)9-14(13)22(24)25/h2-5,8-9,18H,6-7,10H2,1H3. The second-order valence-electron chi connectivity index (χ2n) is 5.95. The van der Waals surface area contributed by atoms with Crippen LogP contribution in [-0.4, -0.2) is 42.6 Å². The minimum atomic E-state index is -2.93. The number of hydrogen-bond acceptors (Lipinski definition) is 6. The Morgan fingerprint density at radius 3 is 2.39 bits per heavy atom. The number of rotatable bonds is 6. The van der Waals surface area contributed by atoms with E-state index in [4.69, 9.17) is 9.47 Å². The van der Waals surface area contributed by atoms with Crippen molar-refractivity contribution in [1.29, 1.82) is 0 Å². The molecule has 1 aliphatic heterocycles. The lowest BCUT2D eigenvalue weighted by Crippen LogP contribution is -2.27. The highest BCUT2D eigenvalue weighted by Gasteiger charge is 2.28. The molecule has 0 radical (unpaired) electrons. The van der Waals surface area contributed by atoms with Crippen LogP contribution in [0, 0.1) is 10.1 Å². The molecular formula is C18H16F2N2O6. The Kier molecular flexibility index (Phi) is 5.57. The summed E-state index contributed by atoms with van der Waals surface area (Å²) in [7, 11) is 1.48. The van der Waals surface area contributed by atoms with Crippen molar-refractivity contribution in [1.82, 2.24) is 4.90 Å². The summed E-state index contributed by atoms with van der Waals surface area (Å²) in [5, 5.41) is 11.4. The van der Waals surface area contributed by atoms with Gasteiger partial charge in [0.2, 0.25) is 0 Å². The van der Waals surface area contributed by atoms with Crippen molar-refractivity contribution in [3.05, 3.63) is 57.6 Å². The van der Waals surface area contributed by atoms with Gasteiger partial charge in [-0.15, -0.1) is 0 Å². The van der Waals surface area contributed by atoms with Gasteiger partial charge in [-0.3, -0.25) is 14.9 Å². The zero-order valence-electron chi connectivity index (χ0n) is 14.8. The van der Waals surface area contributed by atoms with Gasteiger partial charge in [-0.1, -0.05) is 12.1 Å². The molecule has 1 heterocycles. The summed E-state index contributed by atoms with van der Waals surface area (Å²) in [6.45, 7) is -2.27. The molecule has 0 aliphatic carbocycles. The van der Waals surface area contributed by atoms with Crippen LogP contribution in [0.1, 0.15) is 15.9 Å². The molecule has 2 aromatic carbocycles. The molecule has 0 bridgehead atoms. The quantitative estimate of drug-likeness (QED) is 0.552. The molecule has 28 heavy (non-hydrogen) atoms. The number of nitrogens with zero attached hydrogens (tertiary/aromatic N) is 2. The van der Waals surface area contributed by atoms with Gasteiger partial charge in [0.25, 0.3) is 11.6 Å². The average Bonchev–Trinajstić information content (AvgIpc) is 2.67. The van der Waals surface area contributed by atoms with E-state index in [-0.39, 0.29) is 48.3 Å². The highest BCUT2D eigenvalue weighted by atomic mass is 19.3. The molecule has 0 unspecified atom stereocenters. The average molecular weight is 394 g/mol. The second-order valence-corrected chi connectivity index (χ2v) is 5.95. The van der Waals surface area contributed by atoms with Crippen LogP contribution in [-0.2, 0) is 6.54 Å². The van der Waals surface area contributed by atoms with E-state index < -0.39 is 17.4 Å². The maximum atomic E-state index is 12.8. The topological polar surface area (TPSA) is 91.1 Å². The predicted molar refractivity (Wildman–Crippen MR) is 93.0 cm³/mol. The van der Waals surface area contributed by atoms with Gasteiger partial charge in [0.1, 0.15) is 24.5 Å². The van der Waals surface area contributed by atoms with Gasteiger partial charge < -0.3 is 19.1 Å². The second kappa shape index (κ2) is 8.07. The number of nitro groups is 1. The lowest BCUT2D eigenvalue weighted by Gasteiger charge is -2.21. The van der Waals surface area contributed by atoms with Gasteiger partial charge in [-0.25, -0.2) is 0 Å². The van der Waals surface area contributed by atoms with Crippen molar-refractivity contribution in [3.8, 4) is 17.2 Å². The minimum Gasteiger partial charge on any atom is -0.486 e. The van der Waals surface area contributed by atoms with Gasteiger partial charge in [0, 0.05) is 19.7 Å². The first-order valence-corrected chi connectivity index (χ1v) is 8.22. The third-order valence-corrected chi connectivity index (χ3v) is 4.00. The Hall–Kier alpha value is -3.43. The smallest absolute Gasteiger partial charge is 0.387 e. The summed E-state index contributed by atoms with van der Waals surface area (Å²) in [6, 6.07) is 8.23. The Labute approximate surface area is 158 Å². The number of carbonyl (C=O) groups excluding carboxylic acids is 1. The number of hydrogen-bond donors (Lipinski definition) is 0. The van der Waals surface area contributed by atoms with Crippen LogP contribution in [0.4, 0.5) is 14.5 Å². The number of nitro benzene ring substituents is 1. The first kappa shape index (κ1) is 19.3. The number of carbonyl (C=O) groups is 1. The molecule has 10 heteroatoms. The van der Waals surface area contributed by atoms with Gasteiger partial charge in [0.05, 0.1) is 11.0 Å². The Balaban J connectivity index is 1.80. The summed E-state index contributed by atoms with van der Waals surface area (Å²) in [5.74, 6) is -0.111. The van der Waals surface area contributed by atoms with E-state index in [1.54, 1.807) is 0 Å². The van der Waals surface area contributed by atoms with Gasteiger partial charge in [-0.05, 0) is 17.7 Å². The summed E-state index contributed by atoms with van der Waals surface area (Å²) in [4.78, 5) is 24.8. The molecule has 0 saturated heterocycles. The minimum absolute atomic E-state index is 0.00444. The zero-order valence-corrected chi connectivity index (χ0v) is 14.8. The molecule has 1 amide bonds. The van der Waals surface area contributed by atoms with Gasteiger partial charge in [-0.2, -0.15) is 8.78 Å². The van der Waals surface area contributed by atoms with Crippen LogP contribution in [0.5, 0.6) is 17.2 Å². The lowest BCUT2D eigenvalue weighted by atomic mass is 10.1. The van der Waals surface area contributed by atoms with Gasteiger partial charge in [0.15, 0.2) is 11.5 Å². The zero-order chi connectivity index (χ0) is 20.3. The number of benzene rings is 2. The molecule has 3 rings (SSSR count). The van der Waals surface area contributed by atoms with Gasteiger partial charge >= 0.3 is 6.61 Å². The molecule has 0 aromatic heterocycles. The maximum absolute atomic E-state index is 12.8. The van der Waals surface area contributed by atoms with E-state index in [9.17, 15) is 23.7 Å². The maximum Gasteiger partial charge on any atom is 0.387 e. The molecular weight excluding hydrogens is 378 g/mol. The Bertz CT molecular complexity index is 888. The lowest BCUT2D eigenvalue weighted by molar-refractivity contribution is -0.385. The van der Waals surface area contributed by atoms with Crippen molar-refractivity contribution in [2.24, 2.45) is 0 Å². The van der Waals surface area contributed by atoms with E-state index in [1.165, 1.54) is 48.3 Å².